The van der Waals surface area contributed by atoms with E-state index in [4.69, 9.17) is 4.74 Å². The van der Waals surface area contributed by atoms with Crippen LogP contribution in [0, 0.1) is 57.2 Å². The molecule has 6 fully saturated rings. The number of alkyl halides is 2. The second-order valence-corrected chi connectivity index (χ2v) is 20.1. The van der Waals surface area contributed by atoms with Gasteiger partial charge >= 0.3 is 5.97 Å². The molecular weight excluding hydrogens is 766 g/mol. The van der Waals surface area contributed by atoms with Crippen molar-refractivity contribution in [3.63, 3.8) is 0 Å². The zero-order valence-electron chi connectivity index (χ0n) is 35.1. The number of aliphatic hydroxyl groups excluding tert-OH is 3. The maximum absolute atomic E-state index is 17.0. The molecule has 6 saturated carbocycles. The number of ketones is 4. The third-order valence-electron chi connectivity index (χ3n) is 17.8. The Hall–Kier alpha value is -3.23. The summed E-state index contributed by atoms with van der Waals surface area (Å²) in [6.45, 7) is 10.4. The Balaban J connectivity index is 0.000000180. The molecule has 16 atom stereocenters. The van der Waals surface area contributed by atoms with E-state index >= 15 is 8.78 Å². The number of fused-ring (bicyclic) bond motifs is 10. The highest BCUT2D eigenvalue weighted by atomic mass is 19.1. The molecule has 11 nitrogen and oxygen atoms in total. The van der Waals surface area contributed by atoms with Crippen molar-refractivity contribution in [2.75, 3.05) is 13.2 Å². The average Bonchev–Trinajstić information content (AvgIpc) is 3.50. The Labute approximate surface area is 344 Å². The average molecular weight is 827 g/mol. The number of Topliss-reactive ketones (excluding diaryl/α,β-unsaturated/α-hetero) is 2. The molecule has 1 unspecified atom stereocenters. The lowest BCUT2D eigenvalue weighted by Gasteiger charge is -2.62. The Morgan fingerprint density at radius 3 is 1.47 bits per heavy atom. The molecule has 8 rings (SSSR count). The third-order valence-corrected chi connectivity index (χ3v) is 17.8. The van der Waals surface area contributed by atoms with Gasteiger partial charge in [-0.15, -0.1) is 0 Å². The number of halogens is 2. The van der Waals surface area contributed by atoms with Crippen molar-refractivity contribution >= 4 is 29.1 Å². The van der Waals surface area contributed by atoms with E-state index in [0.29, 0.717) is 49.7 Å². The molecule has 0 aromatic heterocycles. The van der Waals surface area contributed by atoms with Crippen LogP contribution in [0.15, 0.2) is 47.6 Å². The van der Waals surface area contributed by atoms with Crippen molar-refractivity contribution in [3.8, 4) is 0 Å². The smallest absolute Gasteiger partial charge is 0.303 e. The first-order chi connectivity index (χ1) is 27.3. The standard InChI is InChI=1S/C24H31FO6.C22H29FO5/c1-13-9-18-17-6-5-15-10-16(27)7-8-21(15,3)23(17,25)19(28)11-22(18,4)24(13,30)20(29)12-31-14(2)26;1-12-8-16-15-5-4-13-9-14(25)6-7-19(13,2)21(15,23)17(26)10-20(16,3)22(12,28)18(27)11-24/h7-8,10,13,17-19,28,30H,5-6,9,11-12H2,1-4H3;6-7,9,12,15-17,24,26,28H,4-5,8,10-11H2,1-3H3/t13-,17+,18+,19?,21+,22+,23+,24+;12-,15+,16+,17+,19+,20+,21+,22+/m11/s1. The van der Waals surface area contributed by atoms with Crippen LogP contribution >= 0.6 is 0 Å². The Morgan fingerprint density at radius 2 is 1.10 bits per heavy atom. The molecule has 0 heterocycles. The topological polar surface area (TPSA) is 196 Å². The predicted octanol–water partition coefficient (Wildman–Crippen LogP) is 4.36. The monoisotopic (exact) mass is 826 g/mol. The van der Waals surface area contributed by atoms with Gasteiger partial charge in [-0.05, 0) is 113 Å². The minimum atomic E-state index is -2.01. The van der Waals surface area contributed by atoms with E-state index in [9.17, 15) is 49.5 Å². The van der Waals surface area contributed by atoms with Crippen molar-refractivity contribution in [2.45, 2.75) is 135 Å². The fraction of sp³-hybridized carbons (Fsp3) is 0.717. The van der Waals surface area contributed by atoms with Gasteiger partial charge < -0.3 is 30.3 Å². The summed E-state index contributed by atoms with van der Waals surface area (Å²) in [5.41, 5.74) is -10.5. The van der Waals surface area contributed by atoms with Crippen LogP contribution in [0.2, 0.25) is 0 Å². The first-order valence-corrected chi connectivity index (χ1v) is 21.2. The van der Waals surface area contributed by atoms with Crippen LogP contribution < -0.4 is 0 Å². The van der Waals surface area contributed by atoms with Gasteiger partial charge in [0.1, 0.15) is 17.8 Å². The quantitative estimate of drug-likeness (QED) is 0.247. The Bertz CT molecular complexity index is 1990. The number of carbonyl (C=O) groups is 5. The molecule has 0 spiro atoms. The zero-order chi connectivity index (χ0) is 43.7. The molecule has 5 N–H and O–H groups in total. The Morgan fingerprint density at radius 1 is 0.712 bits per heavy atom. The van der Waals surface area contributed by atoms with E-state index in [1.807, 2.05) is 0 Å². The predicted molar refractivity (Wildman–Crippen MR) is 209 cm³/mol. The van der Waals surface area contributed by atoms with Crippen molar-refractivity contribution in [3.05, 3.63) is 47.6 Å². The number of ether oxygens (including phenoxy) is 1. The van der Waals surface area contributed by atoms with Gasteiger partial charge in [-0.3, -0.25) is 24.0 Å². The minimum absolute atomic E-state index is 0.0676. The number of rotatable bonds is 5. The summed E-state index contributed by atoms with van der Waals surface area (Å²) in [6.07, 6.45) is 8.73. The molecule has 8 aliphatic carbocycles. The first kappa shape index (κ1) is 43.8. The van der Waals surface area contributed by atoms with Crippen molar-refractivity contribution in [2.24, 2.45) is 57.2 Å². The molecule has 0 aromatic carbocycles. The second kappa shape index (κ2) is 13.9. The van der Waals surface area contributed by atoms with Gasteiger partial charge in [0.25, 0.3) is 0 Å². The molecule has 0 bridgehead atoms. The fourth-order valence-electron chi connectivity index (χ4n) is 14.7. The summed E-state index contributed by atoms with van der Waals surface area (Å²) in [5, 5.41) is 54.9. The number of hydrogen-bond donors (Lipinski definition) is 5. The summed E-state index contributed by atoms with van der Waals surface area (Å²) in [4.78, 5) is 60.5. The van der Waals surface area contributed by atoms with E-state index in [0.717, 1.165) is 0 Å². The second-order valence-electron chi connectivity index (χ2n) is 20.1. The van der Waals surface area contributed by atoms with Gasteiger partial charge in [-0.2, -0.15) is 0 Å². The SMILES string of the molecule is CC(=O)OCC(=O)[C@@]1(O)[C@H](C)C[C@H]2[C@@H]3CCC4=CC(=O)C=C[C@]4(C)[C@@]3(F)C(O)C[C@@]21C.C[C@@H]1C[C@H]2[C@@H]3CCC4=CC(=O)C=C[C@]4(C)[C@@]3(F)[C@@H](O)C[C@]2(C)[C@@]1(O)C(=O)CO. The molecular formula is C46H60F2O11. The van der Waals surface area contributed by atoms with Crippen LogP contribution in [-0.2, 0) is 28.7 Å². The van der Waals surface area contributed by atoms with Gasteiger partial charge in [0.2, 0.25) is 5.78 Å². The summed E-state index contributed by atoms with van der Waals surface area (Å²) in [7, 11) is 0. The summed E-state index contributed by atoms with van der Waals surface area (Å²) >= 11 is 0. The van der Waals surface area contributed by atoms with Crippen LogP contribution in [0.25, 0.3) is 0 Å². The van der Waals surface area contributed by atoms with E-state index in [1.165, 1.54) is 31.2 Å². The Kier molecular flexibility index (Phi) is 10.3. The fourth-order valence-corrected chi connectivity index (χ4v) is 14.7. The van der Waals surface area contributed by atoms with Crippen LogP contribution in [0.1, 0.15) is 99.8 Å². The van der Waals surface area contributed by atoms with E-state index < -0.39 is 111 Å². The van der Waals surface area contributed by atoms with Gasteiger partial charge in [0, 0.05) is 40.4 Å². The summed E-state index contributed by atoms with van der Waals surface area (Å²) in [5.74, 6) is -4.92. The summed E-state index contributed by atoms with van der Waals surface area (Å²) in [6, 6.07) is 0. The lowest BCUT2D eigenvalue weighted by Crippen LogP contribution is -2.69. The van der Waals surface area contributed by atoms with Gasteiger partial charge in [0.05, 0.1) is 12.2 Å². The number of aliphatic hydroxyl groups is 5. The van der Waals surface area contributed by atoms with Crippen molar-refractivity contribution in [1.82, 2.24) is 0 Å². The van der Waals surface area contributed by atoms with E-state index in [2.05, 4.69) is 0 Å². The van der Waals surface area contributed by atoms with E-state index in [-0.39, 0.29) is 36.2 Å². The van der Waals surface area contributed by atoms with Crippen LogP contribution in [0.5, 0.6) is 0 Å². The highest BCUT2D eigenvalue weighted by Crippen LogP contribution is 2.72. The molecule has 0 aliphatic heterocycles. The summed E-state index contributed by atoms with van der Waals surface area (Å²) < 4.78 is 38.7. The largest absolute Gasteiger partial charge is 0.458 e. The van der Waals surface area contributed by atoms with Crippen LogP contribution in [0.4, 0.5) is 8.78 Å². The molecule has 13 heteroatoms. The van der Waals surface area contributed by atoms with Gasteiger partial charge in [-0.25, -0.2) is 8.78 Å². The van der Waals surface area contributed by atoms with Gasteiger partial charge in [-0.1, -0.05) is 51.0 Å². The number of carbonyl (C=O) groups excluding carboxylic acids is 5. The normalized spacial score (nSPS) is 50.3. The van der Waals surface area contributed by atoms with Crippen molar-refractivity contribution in [1.29, 1.82) is 0 Å². The lowest BCUT2D eigenvalue weighted by atomic mass is 9.44. The molecule has 0 saturated heterocycles. The molecule has 0 radical (unpaired) electrons. The molecule has 0 amide bonds. The molecule has 0 aromatic rings. The number of esters is 1. The zero-order valence-corrected chi connectivity index (χ0v) is 35.1. The van der Waals surface area contributed by atoms with Crippen LogP contribution in [0.3, 0.4) is 0 Å². The van der Waals surface area contributed by atoms with Crippen molar-refractivity contribution < 1.29 is 63.0 Å². The minimum Gasteiger partial charge on any atom is -0.458 e. The molecule has 8 aliphatic rings. The molecule has 324 valence electrons. The third kappa shape index (κ3) is 5.42. The highest BCUT2D eigenvalue weighted by Gasteiger charge is 2.77. The molecule has 59 heavy (non-hydrogen) atoms. The van der Waals surface area contributed by atoms with E-state index in [1.54, 1.807) is 53.7 Å². The van der Waals surface area contributed by atoms with Crippen LogP contribution in [-0.4, -0.2) is 103 Å². The maximum atomic E-state index is 17.0. The van der Waals surface area contributed by atoms with Gasteiger partial charge in [0.15, 0.2) is 35.3 Å². The maximum Gasteiger partial charge on any atom is 0.303 e. The highest BCUT2D eigenvalue weighted by molar-refractivity contribution is 6.02. The first-order valence-electron chi connectivity index (χ1n) is 21.2. The number of hydrogen-bond acceptors (Lipinski definition) is 11. The number of allylic oxidation sites excluding steroid dienone is 8. The lowest BCUT2D eigenvalue weighted by molar-refractivity contribution is -0.219.